The van der Waals surface area contributed by atoms with E-state index in [1.165, 1.54) is 6.26 Å². The molecule has 8 heteroatoms. The number of rotatable bonds is 6. The second-order valence-electron chi connectivity index (χ2n) is 9.86. The summed E-state index contributed by atoms with van der Waals surface area (Å²) in [6, 6.07) is 20.4. The highest BCUT2D eigenvalue weighted by molar-refractivity contribution is 6.06. The molecular formula is C29H32N4O4. The molecule has 8 nitrogen and oxygen atoms in total. The molecule has 2 aliphatic heterocycles. The summed E-state index contributed by atoms with van der Waals surface area (Å²) in [5.41, 5.74) is 8.01. The van der Waals surface area contributed by atoms with Gasteiger partial charge in [-0.3, -0.25) is 19.3 Å². The lowest BCUT2D eigenvalue weighted by atomic mass is 9.89. The number of furan rings is 1. The van der Waals surface area contributed by atoms with Crippen molar-refractivity contribution >= 4 is 29.1 Å². The number of anilines is 2. The first-order chi connectivity index (χ1) is 17.9. The molecule has 2 atom stereocenters. The van der Waals surface area contributed by atoms with Crippen molar-refractivity contribution in [2.45, 2.75) is 38.3 Å². The third-order valence-electron chi connectivity index (χ3n) is 7.47. The molecule has 192 valence electrons. The number of nitrogens with zero attached hydrogens (tertiary/aromatic N) is 3. The Bertz CT molecular complexity index is 1250. The lowest BCUT2D eigenvalue weighted by Gasteiger charge is -2.44. The molecule has 0 bridgehead atoms. The van der Waals surface area contributed by atoms with Crippen LogP contribution in [0.15, 0.2) is 77.4 Å². The van der Waals surface area contributed by atoms with Crippen molar-refractivity contribution in [2.75, 3.05) is 29.4 Å². The van der Waals surface area contributed by atoms with Crippen LogP contribution in [0.1, 0.15) is 48.3 Å². The lowest BCUT2D eigenvalue weighted by Crippen LogP contribution is -2.50. The number of para-hydroxylation sites is 2. The Morgan fingerprint density at radius 2 is 1.68 bits per heavy atom. The summed E-state index contributed by atoms with van der Waals surface area (Å²) in [6.45, 7) is 3.57. The zero-order valence-corrected chi connectivity index (χ0v) is 21.0. The van der Waals surface area contributed by atoms with Crippen LogP contribution in [0.2, 0.25) is 0 Å². The molecular weight excluding hydrogens is 468 g/mol. The standard InChI is InChI=1S/C29H32N4O4/c1-20-18-25(23-10-5-6-11-24(23)32(20)29(36)26-12-7-17-37-26)33(22-8-3-2-4-9-22)27(34)19-31-15-13-21(14-16-31)28(30)35/h2-12,17,20-21,25H,13-16,18-19H2,1H3,(H2,30,35)/t20-,25-/m1/s1. The molecule has 1 aromatic heterocycles. The third kappa shape index (κ3) is 5.02. The van der Waals surface area contributed by atoms with E-state index in [-0.39, 0.29) is 48.0 Å². The van der Waals surface area contributed by atoms with Gasteiger partial charge in [-0.15, -0.1) is 0 Å². The number of fused-ring (bicyclic) bond motifs is 1. The monoisotopic (exact) mass is 500 g/mol. The molecule has 37 heavy (non-hydrogen) atoms. The SMILES string of the molecule is C[C@@H]1C[C@@H](N(C(=O)CN2CCC(C(N)=O)CC2)c2ccccc2)c2ccccc2N1C(=O)c1ccco1. The molecule has 2 aliphatic rings. The summed E-state index contributed by atoms with van der Waals surface area (Å²) in [4.78, 5) is 44.6. The van der Waals surface area contributed by atoms with E-state index < -0.39 is 0 Å². The predicted octanol–water partition coefficient (Wildman–Crippen LogP) is 3.99. The Balaban J connectivity index is 1.46. The van der Waals surface area contributed by atoms with Gasteiger partial charge in [0.2, 0.25) is 11.8 Å². The Morgan fingerprint density at radius 1 is 0.973 bits per heavy atom. The van der Waals surface area contributed by atoms with Crippen molar-refractivity contribution in [3.63, 3.8) is 0 Å². The van der Waals surface area contributed by atoms with Crippen LogP contribution in [-0.2, 0) is 9.59 Å². The van der Waals surface area contributed by atoms with Gasteiger partial charge in [0.1, 0.15) is 0 Å². The van der Waals surface area contributed by atoms with Gasteiger partial charge in [0.05, 0.1) is 18.8 Å². The first-order valence-corrected chi connectivity index (χ1v) is 12.8. The minimum atomic E-state index is -0.265. The number of amides is 3. The maximum Gasteiger partial charge on any atom is 0.294 e. The van der Waals surface area contributed by atoms with Gasteiger partial charge in [0.15, 0.2) is 5.76 Å². The molecule has 1 saturated heterocycles. The first-order valence-electron chi connectivity index (χ1n) is 12.8. The molecule has 3 amide bonds. The van der Waals surface area contributed by atoms with E-state index in [1.807, 2.05) is 66.4 Å². The van der Waals surface area contributed by atoms with E-state index in [0.29, 0.717) is 32.4 Å². The van der Waals surface area contributed by atoms with E-state index >= 15 is 0 Å². The Labute approximate surface area is 216 Å². The van der Waals surface area contributed by atoms with Gasteiger partial charge in [0, 0.05) is 23.3 Å². The van der Waals surface area contributed by atoms with Gasteiger partial charge >= 0.3 is 0 Å². The predicted molar refractivity (Wildman–Crippen MR) is 141 cm³/mol. The van der Waals surface area contributed by atoms with E-state index in [2.05, 4.69) is 4.90 Å². The van der Waals surface area contributed by atoms with Gasteiger partial charge in [-0.05, 0) is 75.2 Å². The molecule has 2 aromatic carbocycles. The summed E-state index contributed by atoms with van der Waals surface area (Å²) in [7, 11) is 0. The summed E-state index contributed by atoms with van der Waals surface area (Å²) in [5.74, 6) is -0.311. The van der Waals surface area contributed by atoms with Crippen molar-refractivity contribution in [3.05, 3.63) is 84.3 Å². The summed E-state index contributed by atoms with van der Waals surface area (Å²) in [5, 5.41) is 0. The van der Waals surface area contributed by atoms with Crippen LogP contribution in [0, 0.1) is 5.92 Å². The topological polar surface area (TPSA) is 100 Å². The van der Waals surface area contributed by atoms with Crippen molar-refractivity contribution < 1.29 is 18.8 Å². The minimum Gasteiger partial charge on any atom is -0.459 e. The summed E-state index contributed by atoms with van der Waals surface area (Å²) >= 11 is 0. The normalized spacial score (nSPS) is 20.3. The quantitative estimate of drug-likeness (QED) is 0.552. The minimum absolute atomic E-state index is 0.0125. The zero-order valence-electron chi connectivity index (χ0n) is 21.0. The molecule has 5 rings (SSSR count). The highest BCUT2D eigenvalue weighted by Gasteiger charge is 2.39. The second-order valence-corrected chi connectivity index (χ2v) is 9.86. The number of nitrogens with two attached hydrogens (primary N) is 1. The molecule has 0 aliphatic carbocycles. The Morgan fingerprint density at radius 3 is 2.35 bits per heavy atom. The number of benzene rings is 2. The van der Waals surface area contributed by atoms with Crippen molar-refractivity contribution in [2.24, 2.45) is 11.7 Å². The number of hydrogen-bond acceptors (Lipinski definition) is 5. The van der Waals surface area contributed by atoms with Gasteiger partial charge in [0.25, 0.3) is 5.91 Å². The third-order valence-corrected chi connectivity index (χ3v) is 7.47. The van der Waals surface area contributed by atoms with Crippen LogP contribution in [0.4, 0.5) is 11.4 Å². The van der Waals surface area contributed by atoms with Crippen LogP contribution >= 0.6 is 0 Å². The summed E-state index contributed by atoms with van der Waals surface area (Å²) < 4.78 is 5.41. The number of primary amides is 1. The van der Waals surface area contributed by atoms with Gasteiger partial charge in [-0.2, -0.15) is 0 Å². The molecule has 0 spiro atoms. The molecule has 3 heterocycles. The van der Waals surface area contributed by atoms with Gasteiger partial charge < -0.3 is 20.0 Å². The second kappa shape index (κ2) is 10.6. The fraction of sp³-hybridized carbons (Fsp3) is 0.345. The number of hydrogen-bond donors (Lipinski definition) is 1. The van der Waals surface area contributed by atoms with Crippen LogP contribution in [0.3, 0.4) is 0 Å². The number of carbonyl (C=O) groups is 3. The first kappa shape index (κ1) is 24.8. The Kier molecular flexibility index (Phi) is 7.10. The van der Waals surface area contributed by atoms with E-state index in [9.17, 15) is 14.4 Å². The van der Waals surface area contributed by atoms with E-state index in [0.717, 1.165) is 16.9 Å². The average molecular weight is 501 g/mol. The fourth-order valence-corrected chi connectivity index (χ4v) is 5.58. The highest BCUT2D eigenvalue weighted by atomic mass is 16.3. The largest absolute Gasteiger partial charge is 0.459 e. The maximum atomic E-state index is 13.9. The van der Waals surface area contributed by atoms with Gasteiger partial charge in [-0.25, -0.2) is 0 Å². The average Bonchev–Trinajstić information content (AvgIpc) is 3.45. The number of carbonyl (C=O) groups excluding carboxylic acids is 3. The maximum absolute atomic E-state index is 13.9. The smallest absolute Gasteiger partial charge is 0.294 e. The number of piperidine rings is 1. The molecule has 3 aromatic rings. The Hall–Kier alpha value is -3.91. The zero-order chi connectivity index (χ0) is 25.9. The molecule has 0 saturated carbocycles. The van der Waals surface area contributed by atoms with Crippen LogP contribution in [-0.4, -0.2) is 48.3 Å². The van der Waals surface area contributed by atoms with Crippen LogP contribution in [0.5, 0.6) is 0 Å². The van der Waals surface area contributed by atoms with Crippen LogP contribution in [0.25, 0.3) is 0 Å². The van der Waals surface area contributed by atoms with Crippen molar-refractivity contribution in [1.29, 1.82) is 0 Å². The van der Waals surface area contributed by atoms with Crippen molar-refractivity contribution in [3.8, 4) is 0 Å². The summed E-state index contributed by atoms with van der Waals surface area (Å²) in [6.07, 6.45) is 3.41. The van der Waals surface area contributed by atoms with Gasteiger partial charge in [-0.1, -0.05) is 36.4 Å². The number of likely N-dealkylation sites (tertiary alicyclic amines) is 1. The molecule has 0 unspecified atom stereocenters. The highest BCUT2D eigenvalue weighted by Crippen LogP contribution is 2.42. The lowest BCUT2D eigenvalue weighted by molar-refractivity contribution is -0.123. The fourth-order valence-electron chi connectivity index (χ4n) is 5.58. The molecule has 2 N–H and O–H groups in total. The van der Waals surface area contributed by atoms with E-state index in [1.54, 1.807) is 17.0 Å². The van der Waals surface area contributed by atoms with Crippen molar-refractivity contribution in [1.82, 2.24) is 4.90 Å². The molecule has 1 fully saturated rings. The molecule has 0 radical (unpaired) electrons. The van der Waals surface area contributed by atoms with E-state index in [4.69, 9.17) is 10.2 Å². The van der Waals surface area contributed by atoms with Crippen LogP contribution < -0.4 is 15.5 Å².